The van der Waals surface area contributed by atoms with E-state index in [1.54, 1.807) is 4.31 Å². The molecule has 1 fully saturated rings. The zero-order valence-corrected chi connectivity index (χ0v) is 14.0. The largest absolute Gasteiger partial charge is 0.279 e. The molecule has 108 valence electrons. The summed E-state index contributed by atoms with van der Waals surface area (Å²) in [5, 5.41) is 0.802. The third kappa shape index (κ3) is 4.47. The normalized spacial score (nSPS) is 25.9. The molecule has 0 bridgehead atoms. The van der Waals surface area contributed by atoms with Gasteiger partial charge in [-0.15, -0.1) is 0 Å². The average Bonchev–Trinajstić information content (AvgIpc) is 2.28. The van der Waals surface area contributed by atoms with Gasteiger partial charge in [-0.3, -0.25) is 0 Å². The van der Waals surface area contributed by atoms with Gasteiger partial charge < -0.3 is 0 Å². The maximum atomic E-state index is 12.4. The molecule has 0 aliphatic carbocycles. The van der Waals surface area contributed by atoms with Crippen molar-refractivity contribution < 1.29 is 8.42 Å². The first-order valence-electron chi connectivity index (χ1n) is 6.68. The molecule has 1 saturated heterocycles. The molecule has 1 rings (SSSR count). The fourth-order valence-electron chi connectivity index (χ4n) is 2.25. The molecule has 0 radical (unpaired) electrons. The summed E-state index contributed by atoms with van der Waals surface area (Å²) in [6, 6.07) is 0. The second-order valence-corrected chi connectivity index (χ2v) is 8.03. The Bertz CT molecular complexity index is 361. The van der Waals surface area contributed by atoms with Gasteiger partial charge in [0, 0.05) is 24.0 Å². The number of rotatable bonds is 6. The van der Waals surface area contributed by atoms with Gasteiger partial charge in [-0.1, -0.05) is 29.8 Å². The van der Waals surface area contributed by atoms with Gasteiger partial charge in [0.05, 0.1) is 0 Å². The van der Waals surface area contributed by atoms with Crippen molar-refractivity contribution in [2.45, 2.75) is 52.0 Å². The highest BCUT2D eigenvalue weighted by Gasteiger charge is 2.33. The van der Waals surface area contributed by atoms with Crippen LogP contribution in [-0.4, -0.2) is 36.7 Å². The summed E-state index contributed by atoms with van der Waals surface area (Å²) < 4.78 is 29.2. The van der Waals surface area contributed by atoms with Crippen LogP contribution in [-0.2, 0) is 10.2 Å². The third-order valence-electron chi connectivity index (χ3n) is 3.76. The predicted octanol–water partition coefficient (Wildman–Crippen LogP) is 2.51. The summed E-state index contributed by atoms with van der Waals surface area (Å²) >= 11 is 3.39. The van der Waals surface area contributed by atoms with Crippen molar-refractivity contribution in [3.05, 3.63) is 0 Å². The molecule has 1 heterocycles. The molecular formula is C12H25BrN2O2S. The molecule has 1 aliphatic heterocycles. The SMILES string of the molecule is CCC(C)(CCBr)NS(=O)(=O)N1CCCC(C)C1. The van der Waals surface area contributed by atoms with Crippen LogP contribution in [0.1, 0.15) is 46.5 Å². The van der Waals surface area contributed by atoms with E-state index in [1.165, 1.54) is 0 Å². The number of nitrogens with one attached hydrogen (secondary N) is 1. The van der Waals surface area contributed by atoms with E-state index in [2.05, 4.69) is 27.6 Å². The minimum Gasteiger partial charge on any atom is -0.196 e. The highest BCUT2D eigenvalue weighted by Crippen LogP contribution is 2.22. The smallest absolute Gasteiger partial charge is 0.196 e. The maximum Gasteiger partial charge on any atom is 0.279 e. The van der Waals surface area contributed by atoms with E-state index < -0.39 is 10.2 Å². The molecule has 0 spiro atoms. The van der Waals surface area contributed by atoms with Crippen LogP contribution in [0.5, 0.6) is 0 Å². The Balaban J connectivity index is 2.73. The number of piperidine rings is 1. The van der Waals surface area contributed by atoms with Gasteiger partial charge in [0.1, 0.15) is 0 Å². The van der Waals surface area contributed by atoms with E-state index in [-0.39, 0.29) is 5.54 Å². The average molecular weight is 341 g/mol. The molecule has 1 N–H and O–H groups in total. The lowest BCUT2D eigenvalue weighted by Gasteiger charge is -2.35. The summed E-state index contributed by atoms with van der Waals surface area (Å²) in [7, 11) is -3.35. The van der Waals surface area contributed by atoms with Gasteiger partial charge in [-0.05, 0) is 38.5 Å². The van der Waals surface area contributed by atoms with Gasteiger partial charge in [0.15, 0.2) is 0 Å². The second-order valence-electron chi connectivity index (χ2n) is 5.57. The lowest BCUT2D eigenvalue weighted by atomic mass is 9.98. The lowest BCUT2D eigenvalue weighted by Crippen LogP contribution is -2.53. The predicted molar refractivity (Wildman–Crippen MR) is 79.1 cm³/mol. The van der Waals surface area contributed by atoms with Gasteiger partial charge >= 0.3 is 0 Å². The quantitative estimate of drug-likeness (QED) is 0.755. The van der Waals surface area contributed by atoms with E-state index in [1.807, 2.05) is 13.8 Å². The van der Waals surface area contributed by atoms with Crippen molar-refractivity contribution >= 4 is 26.1 Å². The first kappa shape index (κ1) is 16.4. The van der Waals surface area contributed by atoms with Gasteiger partial charge in [-0.2, -0.15) is 17.4 Å². The number of hydrogen-bond donors (Lipinski definition) is 1. The van der Waals surface area contributed by atoms with Crippen molar-refractivity contribution in [2.24, 2.45) is 5.92 Å². The molecule has 0 aromatic rings. The minimum absolute atomic E-state index is 0.358. The molecular weight excluding hydrogens is 316 g/mol. The summed E-state index contributed by atoms with van der Waals surface area (Å²) in [5.74, 6) is 0.458. The number of alkyl halides is 1. The van der Waals surface area contributed by atoms with E-state index in [4.69, 9.17) is 0 Å². The first-order chi connectivity index (χ1) is 8.33. The summed E-state index contributed by atoms with van der Waals surface area (Å²) in [6.07, 6.45) is 3.68. The summed E-state index contributed by atoms with van der Waals surface area (Å²) in [4.78, 5) is 0. The second kappa shape index (κ2) is 6.68. The van der Waals surface area contributed by atoms with E-state index in [0.717, 1.165) is 31.0 Å². The van der Waals surface area contributed by atoms with Gasteiger partial charge in [0.2, 0.25) is 0 Å². The fraction of sp³-hybridized carbons (Fsp3) is 1.00. The Kier molecular flexibility index (Phi) is 6.09. The van der Waals surface area contributed by atoms with Crippen LogP contribution in [0.4, 0.5) is 0 Å². The lowest BCUT2D eigenvalue weighted by molar-refractivity contribution is 0.269. The Morgan fingerprint density at radius 2 is 2.17 bits per heavy atom. The molecule has 1 aliphatic rings. The summed E-state index contributed by atoms with van der Waals surface area (Å²) in [6.45, 7) is 7.39. The first-order valence-corrected chi connectivity index (χ1v) is 9.24. The van der Waals surface area contributed by atoms with Crippen molar-refractivity contribution in [1.29, 1.82) is 0 Å². The fourth-order valence-corrected chi connectivity index (χ4v) is 4.94. The molecule has 6 heteroatoms. The Morgan fingerprint density at radius 1 is 1.50 bits per heavy atom. The van der Waals surface area contributed by atoms with Crippen molar-refractivity contribution in [1.82, 2.24) is 9.03 Å². The maximum absolute atomic E-state index is 12.4. The Morgan fingerprint density at radius 3 is 2.67 bits per heavy atom. The van der Waals surface area contributed by atoms with Crippen LogP contribution in [0.3, 0.4) is 0 Å². The van der Waals surface area contributed by atoms with E-state index in [0.29, 0.717) is 19.0 Å². The van der Waals surface area contributed by atoms with Crippen LogP contribution in [0.2, 0.25) is 0 Å². The van der Waals surface area contributed by atoms with Crippen LogP contribution in [0, 0.1) is 5.92 Å². The van der Waals surface area contributed by atoms with Gasteiger partial charge in [0.25, 0.3) is 10.2 Å². The highest BCUT2D eigenvalue weighted by atomic mass is 79.9. The zero-order chi connectivity index (χ0) is 13.8. The molecule has 2 atom stereocenters. The molecule has 18 heavy (non-hydrogen) atoms. The molecule has 0 saturated carbocycles. The zero-order valence-electron chi connectivity index (χ0n) is 11.6. The molecule has 0 amide bonds. The summed E-state index contributed by atoms with van der Waals surface area (Å²) in [5.41, 5.74) is -0.358. The van der Waals surface area contributed by atoms with Gasteiger partial charge in [-0.25, -0.2) is 0 Å². The van der Waals surface area contributed by atoms with Crippen molar-refractivity contribution in [3.8, 4) is 0 Å². The van der Waals surface area contributed by atoms with E-state index >= 15 is 0 Å². The van der Waals surface area contributed by atoms with Crippen molar-refractivity contribution in [3.63, 3.8) is 0 Å². The van der Waals surface area contributed by atoms with E-state index in [9.17, 15) is 8.42 Å². The molecule has 4 nitrogen and oxygen atoms in total. The monoisotopic (exact) mass is 340 g/mol. The molecule has 2 unspecified atom stereocenters. The molecule has 0 aromatic carbocycles. The van der Waals surface area contributed by atoms with Crippen LogP contribution in [0.15, 0.2) is 0 Å². The van der Waals surface area contributed by atoms with Crippen LogP contribution in [0.25, 0.3) is 0 Å². The van der Waals surface area contributed by atoms with Crippen LogP contribution < -0.4 is 4.72 Å². The number of hydrogen-bond acceptors (Lipinski definition) is 2. The van der Waals surface area contributed by atoms with Crippen molar-refractivity contribution in [2.75, 3.05) is 18.4 Å². The standard InChI is InChI=1S/C12H25BrN2O2S/c1-4-12(3,7-8-13)14-18(16,17)15-9-5-6-11(2)10-15/h11,14H,4-10H2,1-3H3. The minimum atomic E-state index is -3.35. The Labute approximate surface area is 120 Å². The number of nitrogens with zero attached hydrogens (tertiary/aromatic N) is 1. The Hall–Kier alpha value is 0.350. The third-order valence-corrected chi connectivity index (χ3v) is 5.92. The number of halogens is 1. The highest BCUT2D eigenvalue weighted by molar-refractivity contribution is 9.09. The topological polar surface area (TPSA) is 49.4 Å². The van der Waals surface area contributed by atoms with Crippen LogP contribution >= 0.6 is 15.9 Å². The molecule has 0 aromatic heterocycles.